The summed E-state index contributed by atoms with van der Waals surface area (Å²) in [7, 11) is 0. The fourth-order valence-electron chi connectivity index (χ4n) is 3.80. The summed E-state index contributed by atoms with van der Waals surface area (Å²) in [5, 5.41) is 3.12. The molecule has 5 nitrogen and oxygen atoms in total. The Morgan fingerprint density at radius 3 is 2.96 bits per heavy atom. The van der Waals surface area contributed by atoms with Crippen molar-refractivity contribution in [3.05, 3.63) is 59.9 Å². The van der Waals surface area contributed by atoms with E-state index in [-0.39, 0.29) is 12.1 Å². The molecule has 3 heterocycles. The predicted octanol–water partition coefficient (Wildman–Crippen LogP) is 3.18. The number of nitrogens with one attached hydrogen (secondary N) is 1. The monoisotopic (exact) mass is 337 g/mol. The largest absolute Gasteiger partial charge is 0.493 e. The summed E-state index contributed by atoms with van der Waals surface area (Å²) in [5.74, 6) is 1.29. The van der Waals surface area contributed by atoms with Crippen molar-refractivity contribution in [2.75, 3.05) is 19.7 Å². The summed E-state index contributed by atoms with van der Waals surface area (Å²) in [6.45, 7) is 2.11. The lowest BCUT2D eigenvalue weighted by molar-refractivity contribution is 0.182. The molecule has 130 valence electrons. The van der Waals surface area contributed by atoms with Crippen LogP contribution in [-0.4, -0.2) is 35.6 Å². The molecule has 1 fully saturated rings. The highest BCUT2D eigenvalue weighted by atomic mass is 16.5. The smallest absolute Gasteiger partial charge is 0.317 e. The summed E-state index contributed by atoms with van der Waals surface area (Å²) < 4.78 is 5.81. The van der Waals surface area contributed by atoms with Gasteiger partial charge in [0.1, 0.15) is 5.75 Å². The molecule has 2 aliphatic rings. The maximum Gasteiger partial charge on any atom is 0.317 e. The van der Waals surface area contributed by atoms with Crippen LogP contribution in [0, 0.1) is 5.92 Å². The van der Waals surface area contributed by atoms with Crippen LogP contribution in [0.15, 0.2) is 48.8 Å². The van der Waals surface area contributed by atoms with Gasteiger partial charge >= 0.3 is 6.03 Å². The number of aromatic nitrogens is 1. The second-order valence-electron chi connectivity index (χ2n) is 6.81. The number of amides is 2. The number of benzene rings is 1. The van der Waals surface area contributed by atoms with Crippen molar-refractivity contribution < 1.29 is 9.53 Å². The Morgan fingerprint density at radius 1 is 1.24 bits per heavy atom. The van der Waals surface area contributed by atoms with Gasteiger partial charge in [-0.2, -0.15) is 0 Å². The van der Waals surface area contributed by atoms with Crippen LogP contribution in [0.25, 0.3) is 0 Å². The van der Waals surface area contributed by atoms with Crippen LogP contribution >= 0.6 is 0 Å². The van der Waals surface area contributed by atoms with Gasteiger partial charge in [0, 0.05) is 31.4 Å². The van der Waals surface area contributed by atoms with Crippen molar-refractivity contribution in [2.24, 2.45) is 5.92 Å². The number of hydrogen-bond acceptors (Lipinski definition) is 3. The molecular formula is C20H23N3O2. The van der Waals surface area contributed by atoms with Crippen LogP contribution in [0.1, 0.15) is 30.0 Å². The highest BCUT2D eigenvalue weighted by molar-refractivity contribution is 5.75. The van der Waals surface area contributed by atoms with E-state index < -0.39 is 0 Å². The van der Waals surface area contributed by atoms with E-state index in [2.05, 4.69) is 16.4 Å². The van der Waals surface area contributed by atoms with Gasteiger partial charge in [-0.25, -0.2) is 4.79 Å². The number of pyridine rings is 1. The Bertz CT molecular complexity index is 735. The minimum Gasteiger partial charge on any atom is -0.493 e. The van der Waals surface area contributed by atoms with E-state index in [1.807, 2.05) is 35.2 Å². The van der Waals surface area contributed by atoms with E-state index in [0.29, 0.717) is 19.1 Å². The van der Waals surface area contributed by atoms with Gasteiger partial charge in [-0.1, -0.05) is 18.2 Å². The first-order valence-electron chi connectivity index (χ1n) is 8.96. The first kappa shape index (κ1) is 15.9. The highest BCUT2D eigenvalue weighted by Gasteiger charge is 2.30. The molecule has 0 spiro atoms. The van der Waals surface area contributed by atoms with Crippen molar-refractivity contribution in [1.82, 2.24) is 15.2 Å². The first-order valence-corrected chi connectivity index (χ1v) is 8.96. The zero-order valence-corrected chi connectivity index (χ0v) is 14.2. The molecule has 1 aromatic carbocycles. The molecular weight excluding hydrogens is 314 g/mol. The third-order valence-electron chi connectivity index (χ3n) is 5.10. The van der Waals surface area contributed by atoms with Crippen molar-refractivity contribution in [3.63, 3.8) is 0 Å². The molecule has 2 aromatic rings. The fourth-order valence-corrected chi connectivity index (χ4v) is 3.80. The predicted molar refractivity (Wildman–Crippen MR) is 95.4 cm³/mol. The van der Waals surface area contributed by atoms with Gasteiger partial charge in [-0.3, -0.25) is 4.98 Å². The van der Waals surface area contributed by atoms with Gasteiger partial charge in [0.05, 0.1) is 12.6 Å². The van der Waals surface area contributed by atoms with Gasteiger partial charge in [-0.15, -0.1) is 0 Å². The second-order valence-corrected chi connectivity index (χ2v) is 6.81. The number of nitrogens with zero attached hydrogens (tertiary/aromatic N) is 2. The number of likely N-dealkylation sites (tertiary alicyclic amines) is 1. The molecule has 2 unspecified atom stereocenters. The second kappa shape index (κ2) is 7.13. The molecule has 0 saturated carbocycles. The third-order valence-corrected chi connectivity index (χ3v) is 5.10. The number of hydrogen-bond donors (Lipinski definition) is 1. The Kier molecular flexibility index (Phi) is 4.55. The number of para-hydroxylation sites is 1. The molecule has 1 N–H and O–H groups in total. The summed E-state index contributed by atoms with van der Waals surface area (Å²) in [6, 6.07) is 12.3. The summed E-state index contributed by atoms with van der Waals surface area (Å²) in [6.07, 6.45) is 6.59. The summed E-state index contributed by atoms with van der Waals surface area (Å²) in [4.78, 5) is 18.7. The minimum atomic E-state index is 0.0261. The maximum atomic E-state index is 12.7. The van der Waals surface area contributed by atoms with E-state index >= 15 is 0 Å². The number of carbonyl (C=O) groups excluding carboxylic acids is 1. The lowest BCUT2D eigenvalue weighted by atomic mass is 9.97. The molecule has 25 heavy (non-hydrogen) atoms. The molecule has 0 aliphatic carbocycles. The van der Waals surface area contributed by atoms with Crippen LogP contribution in [-0.2, 0) is 6.42 Å². The lowest BCUT2D eigenvalue weighted by Crippen LogP contribution is -2.43. The Labute approximate surface area is 148 Å². The molecule has 2 aliphatic heterocycles. The van der Waals surface area contributed by atoms with E-state index in [0.717, 1.165) is 37.1 Å². The van der Waals surface area contributed by atoms with E-state index in [9.17, 15) is 4.79 Å². The van der Waals surface area contributed by atoms with Crippen LogP contribution in [0.4, 0.5) is 4.79 Å². The SMILES string of the molecule is O=C(NCC1COc2ccccc2C1)N1CCCC1c1ccncc1. The van der Waals surface area contributed by atoms with Crippen molar-refractivity contribution in [1.29, 1.82) is 0 Å². The number of rotatable bonds is 3. The molecule has 0 radical (unpaired) electrons. The molecule has 2 atom stereocenters. The highest BCUT2D eigenvalue weighted by Crippen LogP contribution is 2.31. The normalized spacial score (nSPS) is 22.2. The van der Waals surface area contributed by atoms with E-state index in [1.165, 1.54) is 5.56 Å². The third kappa shape index (κ3) is 3.45. The average Bonchev–Trinajstić information content (AvgIpc) is 3.16. The van der Waals surface area contributed by atoms with E-state index in [1.54, 1.807) is 12.4 Å². The molecule has 0 bridgehead atoms. The van der Waals surface area contributed by atoms with Crippen LogP contribution in [0.5, 0.6) is 5.75 Å². The van der Waals surface area contributed by atoms with Crippen LogP contribution in [0.2, 0.25) is 0 Å². The maximum absolute atomic E-state index is 12.7. The standard InChI is InChI=1S/C20H23N3O2/c24-20(23-11-3-5-18(23)16-7-9-21-10-8-16)22-13-15-12-17-4-1-2-6-19(17)25-14-15/h1-2,4,6-10,15,18H,3,5,11-14H2,(H,22,24). The first-order chi connectivity index (χ1) is 12.3. The van der Waals surface area contributed by atoms with Gasteiger partial charge in [-0.05, 0) is 48.6 Å². The van der Waals surface area contributed by atoms with Crippen molar-refractivity contribution in [3.8, 4) is 5.75 Å². The Balaban J connectivity index is 1.35. The number of carbonyl (C=O) groups is 1. The Hall–Kier alpha value is -2.56. The minimum absolute atomic E-state index is 0.0261. The topological polar surface area (TPSA) is 54.5 Å². The molecule has 5 heteroatoms. The lowest BCUT2D eigenvalue weighted by Gasteiger charge is -2.28. The Morgan fingerprint density at radius 2 is 2.08 bits per heavy atom. The average molecular weight is 337 g/mol. The quantitative estimate of drug-likeness (QED) is 0.936. The number of ether oxygens (including phenoxy) is 1. The molecule has 4 rings (SSSR count). The zero-order valence-electron chi connectivity index (χ0n) is 14.2. The van der Waals surface area contributed by atoms with Crippen molar-refractivity contribution >= 4 is 6.03 Å². The molecule has 2 amide bonds. The molecule has 1 saturated heterocycles. The van der Waals surface area contributed by atoms with Gasteiger partial charge in [0.2, 0.25) is 0 Å². The van der Waals surface area contributed by atoms with Crippen LogP contribution in [0.3, 0.4) is 0 Å². The zero-order chi connectivity index (χ0) is 17.1. The molecule has 1 aromatic heterocycles. The van der Waals surface area contributed by atoms with E-state index in [4.69, 9.17) is 4.74 Å². The van der Waals surface area contributed by atoms with Gasteiger partial charge < -0.3 is 15.0 Å². The van der Waals surface area contributed by atoms with Gasteiger partial charge in [0.15, 0.2) is 0 Å². The van der Waals surface area contributed by atoms with Crippen LogP contribution < -0.4 is 10.1 Å². The van der Waals surface area contributed by atoms with Gasteiger partial charge in [0.25, 0.3) is 0 Å². The summed E-state index contributed by atoms with van der Waals surface area (Å²) >= 11 is 0. The fraction of sp³-hybridized carbons (Fsp3) is 0.400. The van der Waals surface area contributed by atoms with Crippen molar-refractivity contribution in [2.45, 2.75) is 25.3 Å². The summed E-state index contributed by atoms with van der Waals surface area (Å²) in [5.41, 5.74) is 2.39. The number of fused-ring (bicyclic) bond motifs is 1. The number of urea groups is 1.